The molecule has 2 nitrogen and oxygen atoms in total. The zero-order chi connectivity index (χ0) is 8.69. The summed E-state index contributed by atoms with van der Waals surface area (Å²) >= 11 is 0. The fourth-order valence-electron chi connectivity index (χ4n) is 0.983. The van der Waals surface area contributed by atoms with Crippen molar-refractivity contribution >= 4 is 6.21 Å². The average Bonchev–Trinajstić information content (AvgIpc) is 1.87. The highest BCUT2D eigenvalue weighted by Crippen LogP contribution is 1.97. The monoisotopic (exact) mass is 154 g/mol. The van der Waals surface area contributed by atoms with Crippen molar-refractivity contribution in [1.82, 2.24) is 5.32 Å². The number of nitrogens with one attached hydrogen (secondary N) is 1. The van der Waals surface area contributed by atoms with E-state index in [1.54, 1.807) is 6.21 Å². The van der Waals surface area contributed by atoms with Gasteiger partial charge in [-0.25, -0.2) is 4.99 Å². The summed E-state index contributed by atoms with van der Waals surface area (Å²) in [5.74, 6) is 0.758. The average molecular weight is 154 g/mol. The van der Waals surface area contributed by atoms with E-state index in [1.807, 2.05) is 6.92 Å². The van der Waals surface area contributed by atoms with Gasteiger partial charge in [0.05, 0.1) is 0 Å². The van der Waals surface area contributed by atoms with Gasteiger partial charge in [-0.05, 0) is 20.3 Å². The van der Waals surface area contributed by atoms with E-state index in [9.17, 15) is 0 Å². The van der Waals surface area contributed by atoms with E-state index in [-0.39, 0.29) is 0 Å². The Balaban J connectivity index is 3.57. The molecular weight excluding hydrogens is 136 g/mol. The highest BCUT2D eigenvalue weighted by atomic mass is 15.0. The Labute approximate surface area is 69.4 Å². The van der Waals surface area contributed by atoms with Crippen molar-refractivity contribution in [3.8, 4) is 0 Å². The van der Waals surface area contributed by atoms with Gasteiger partial charge in [0.15, 0.2) is 0 Å². The zero-order valence-electron chi connectivity index (χ0n) is 7.72. The summed E-state index contributed by atoms with van der Waals surface area (Å²) in [6, 6.07) is 0.483. The first-order chi connectivity index (χ1) is 5.20. The van der Waals surface area contributed by atoms with Gasteiger partial charge in [0.25, 0.3) is 0 Å². The van der Waals surface area contributed by atoms with Gasteiger partial charge in [-0.1, -0.05) is 19.9 Å². The minimum Gasteiger partial charge on any atom is -0.368 e. The third kappa shape index (κ3) is 5.64. The summed E-state index contributed by atoms with van der Waals surface area (Å²) in [5, 5.41) is 3.19. The van der Waals surface area contributed by atoms with Crippen LogP contribution >= 0.6 is 0 Å². The summed E-state index contributed by atoms with van der Waals surface area (Å²) < 4.78 is 0. The quantitative estimate of drug-likeness (QED) is 0.604. The second kappa shape index (κ2) is 5.96. The van der Waals surface area contributed by atoms with Gasteiger partial charge in [-0.3, -0.25) is 0 Å². The van der Waals surface area contributed by atoms with Gasteiger partial charge in [-0.15, -0.1) is 0 Å². The molecule has 0 aliphatic heterocycles. The zero-order valence-corrected chi connectivity index (χ0v) is 7.72. The van der Waals surface area contributed by atoms with Crippen molar-refractivity contribution in [3.63, 3.8) is 0 Å². The lowest BCUT2D eigenvalue weighted by molar-refractivity contribution is 0.558. The number of aliphatic imine (C=N–C) groups is 1. The second-order valence-electron chi connectivity index (χ2n) is 2.67. The van der Waals surface area contributed by atoms with Gasteiger partial charge in [0, 0.05) is 12.3 Å². The minimum absolute atomic E-state index is 0.483. The fraction of sp³-hybridized carbons (Fsp3) is 0.667. The van der Waals surface area contributed by atoms with Crippen molar-refractivity contribution in [3.05, 3.63) is 12.4 Å². The molecular formula is C9H18N2. The maximum absolute atomic E-state index is 4.02. The van der Waals surface area contributed by atoms with Gasteiger partial charge < -0.3 is 5.32 Å². The lowest BCUT2D eigenvalue weighted by Crippen LogP contribution is -2.23. The lowest BCUT2D eigenvalue weighted by atomic mass is 10.2. The minimum atomic E-state index is 0.483. The van der Waals surface area contributed by atoms with Crippen molar-refractivity contribution in [2.24, 2.45) is 4.99 Å². The van der Waals surface area contributed by atoms with Crippen LogP contribution in [0.25, 0.3) is 0 Å². The molecule has 1 unspecified atom stereocenters. The predicted molar refractivity (Wildman–Crippen MR) is 50.8 cm³/mol. The molecule has 0 aromatic rings. The second-order valence-corrected chi connectivity index (χ2v) is 2.67. The van der Waals surface area contributed by atoms with E-state index < -0.39 is 0 Å². The van der Waals surface area contributed by atoms with Gasteiger partial charge in [0.1, 0.15) is 5.82 Å². The van der Waals surface area contributed by atoms with E-state index in [2.05, 4.69) is 30.7 Å². The predicted octanol–water partition coefficient (Wildman–Crippen LogP) is 2.33. The van der Waals surface area contributed by atoms with Crippen molar-refractivity contribution < 1.29 is 0 Å². The highest BCUT2D eigenvalue weighted by Gasteiger charge is 1.98. The van der Waals surface area contributed by atoms with Crippen molar-refractivity contribution in [1.29, 1.82) is 0 Å². The van der Waals surface area contributed by atoms with Crippen molar-refractivity contribution in [2.45, 2.75) is 39.7 Å². The van der Waals surface area contributed by atoms with Crippen LogP contribution in [-0.2, 0) is 0 Å². The van der Waals surface area contributed by atoms with Crippen LogP contribution in [0.3, 0.4) is 0 Å². The molecule has 2 heteroatoms. The first-order valence-corrected chi connectivity index (χ1v) is 4.14. The van der Waals surface area contributed by atoms with E-state index in [0.717, 1.165) is 12.2 Å². The Morgan fingerprint density at radius 3 is 2.82 bits per heavy atom. The Morgan fingerprint density at radius 1 is 1.73 bits per heavy atom. The number of hydrogen-bond donors (Lipinski definition) is 1. The molecule has 0 fully saturated rings. The smallest absolute Gasteiger partial charge is 0.118 e. The summed E-state index contributed by atoms with van der Waals surface area (Å²) in [7, 11) is 0. The van der Waals surface area contributed by atoms with E-state index >= 15 is 0 Å². The number of nitrogens with zero attached hydrogens (tertiary/aromatic N) is 1. The molecule has 1 atom stereocenters. The Morgan fingerprint density at radius 2 is 2.36 bits per heavy atom. The summed E-state index contributed by atoms with van der Waals surface area (Å²) in [6.45, 7) is 9.95. The molecule has 0 aromatic carbocycles. The molecule has 0 rings (SSSR count). The molecule has 0 spiro atoms. The molecule has 0 bridgehead atoms. The topological polar surface area (TPSA) is 24.4 Å². The summed E-state index contributed by atoms with van der Waals surface area (Å²) in [5.41, 5.74) is 0. The van der Waals surface area contributed by atoms with Gasteiger partial charge >= 0.3 is 0 Å². The maximum atomic E-state index is 4.02. The molecule has 0 aliphatic carbocycles. The Bertz CT molecular complexity index is 138. The van der Waals surface area contributed by atoms with Crippen LogP contribution in [-0.4, -0.2) is 12.3 Å². The maximum Gasteiger partial charge on any atom is 0.118 e. The largest absolute Gasteiger partial charge is 0.368 e. The lowest BCUT2D eigenvalue weighted by Gasteiger charge is -2.12. The molecule has 0 amide bonds. The summed E-state index contributed by atoms with van der Waals surface area (Å²) in [6.07, 6.45) is 4.10. The van der Waals surface area contributed by atoms with Crippen LogP contribution < -0.4 is 5.32 Å². The van der Waals surface area contributed by atoms with Crippen LogP contribution in [0.1, 0.15) is 33.6 Å². The van der Waals surface area contributed by atoms with E-state index in [4.69, 9.17) is 0 Å². The first-order valence-electron chi connectivity index (χ1n) is 4.14. The molecule has 0 saturated carbocycles. The Kier molecular flexibility index (Phi) is 5.53. The third-order valence-corrected chi connectivity index (χ3v) is 1.42. The van der Waals surface area contributed by atoms with E-state index in [0.29, 0.717) is 6.04 Å². The molecule has 0 radical (unpaired) electrons. The molecule has 11 heavy (non-hydrogen) atoms. The van der Waals surface area contributed by atoms with Crippen LogP contribution in [0, 0.1) is 0 Å². The first kappa shape index (κ1) is 10.2. The molecule has 0 aliphatic rings. The van der Waals surface area contributed by atoms with Crippen LogP contribution in [0.4, 0.5) is 0 Å². The molecule has 0 heterocycles. The molecule has 64 valence electrons. The van der Waals surface area contributed by atoms with Crippen LogP contribution in [0.2, 0.25) is 0 Å². The van der Waals surface area contributed by atoms with Crippen LogP contribution in [0.5, 0.6) is 0 Å². The number of rotatable bonds is 5. The molecule has 0 aromatic heterocycles. The standard InChI is InChI=1S/C9H18N2/c1-5-7-8(3)11-9(4)10-6-2/h6,8,11H,4-5,7H2,1-3H3/b10-6-. The van der Waals surface area contributed by atoms with E-state index in [1.165, 1.54) is 6.42 Å². The molecule has 0 saturated heterocycles. The molecule has 1 N–H and O–H groups in total. The SMILES string of the molecule is C=C(/N=C\C)NC(C)CCC. The van der Waals surface area contributed by atoms with Gasteiger partial charge in [-0.2, -0.15) is 0 Å². The highest BCUT2D eigenvalue weighted by molar-refractivity contribution is 5.54. The van der Waals surface area contributed by atoms with Crippen LogP contribution in [0.15, 0.2) is 17.4 Å². The normalized spacial score (nSPS) is 13.4. The third-order valence-electron chi connectivity index (χ3n) is 1.42. The van der Waals surface area contributed by atoms with Crippen molar-refractivity contribution in [2.75, 3.05) is 0 Å². The Hall–Kier alpha value is -0.790. The number of hydrogen-bond acceptors (Lipinski definition) is 2. The summed E-state index contributed by atoms with van der Waals surface area (Å²) in [4.78, 5) is 4.02. The van der Waals surface area contributed by atoms with Gasteiger partial charge in [0.2, 0.25) is 0 Å². The fourth-order valence-corrected chi connectivity index (χ4v) is 0.983.